The molecular formula is C16H16ClN3OS. The van der Waals surface area contributed by atoms with Gasteiger partial charge in [0.2, 0.25) is 0 Å². The van der Waals surface area contributed by atoms with Crippen molar-refractivity contribution in [3.8, 4) is 10.7 Å². The molecule has 0 bridgehead atoms. The van der Waals surface area contributed by atoms with Gasteiger partial charge in [0.05, 0.1) is 15.4 Å². The molecule has 0 amide bonds. The standard InChI is InChI=1S/C16H16ClN3OS/c1-21-9-4-8-18-15-11-5-2-3-6-13(11)19-16(20-15)14-12(17)7-10-22-14/h2-3,5-7,10H,4,8-9H2,1H3,(H,18,19,20). The number of halogens is 1. The number of anilines is 1. The van der Waals surface area contributed by atoms with Crippen LogP contribution in [0.1, 0.15) is 6.42 Å². The lowest BCUT2D eigenvalue weighted by molar-refractivity contribution is 0.198. The average Bonchev–Trinajstić information content (AvgIpc) is 2.97. The van der Waals surface area contributed by atoms with Crippen molar-refractivity contribution in [3.63, 3.8) is 0 Å². The van der Waals surface area contributed by atoms with E-state index in [0.29, 0.717) is 10.8 Å². The van der Waals surface area contributed by atoms with Crippen LogP contribution in [0, 0.1) is 0 Å². The molecule has 4 nitrogen and oxygen atoms in total. The Balaban J connectivity index is 1.99. The van der Waals surface area contributed by atoms with Gasteiger partial charge in [0, 0.05) is 25.6 Å². The predicted octanol–water partition coefficient (Wildman–Crippen LogP) is 4.46. The van der Waals surface area contributed by atoms with Gasteiger partial charge in [0.25, 0.3) is 0 Å². The number of hydrogen-bond donors (Lipinski definition) is 1. The number of para-hydroxylation sites is 1. The molecule has 0 spiro atoms. The van der Waals surface area contributed by atoms with E-state index in [9.17, 15) is 0 Å². The average molecular weight is 334 g/mol. The van der Waals surface area contributed by atoms with Crippen LogP contribution >= 0.6 is 22.9 Å². The summed E-state index contributed by atoms with van der Waals surface area (Å²) in [7, 11) is 1.71. The van der Waals surface area contributed by atoms with Crippen molar-refractivity contribution in [1.29, 1.82) is 0 Å². The molecule has 6 heteroatoms. The minimum atomic E-state index is 0.660. The van der Waals surface area contributed by atoms with Gasteiger partial charge in [0.15, 0.2) is 5.82 Å². The molecule has 0 aliphatic carbocycles. The lowest BCUT2D eigenvalue weighted by atomic mass is 10.2. The first-order valence-electron chi connectivity index (χ1n) is 7.02. The Labute approximate surface area is 138 Å². The Bertz CT molecular complexity index is 775. The predicted molar refractivity (Wildman–Crippen MR) is 92.8 cm³/mol. The third-order valence-corrected chi connectivity index (χ3v) is 4.58. The van der Waals surface area contributed by atoms with E-state index < -0.39 is 0 Å². The quantitative estimate of drug-likeness (QED) is 0.676. The lowest BCUT2D eigenvalue weighted by Crippen LogP contribution is -2.07. The van der Waals surface area contributed by atoms with E-state index in [1.807, 2.05) is 35.7 Å². The number of nitrogens with zero attached hydrogens (tertiary/aromatic N) is 2. The van der Waals surface area contributed by atoms with Gasteiger partial charge in [-0.2, -0.15) is 0 Å². The molecule has 0 saturated carbocycles. The maximum absolute atomic E-state index is 6.22. The van der Waals surface area contributed by atoms with Crippen LogP contribution in [0.4, 0.5) is 5.82 Å². The van der Waals surface area contributed by atoms with E-state index in [1.165, 1.54) is 0 Å². The summed E-state index contributed by atoms with van der Waals surface area (Å²) in [6, 6.07) is 9.84. The number of aromatic nitrogens is 2. The number of hydrogen-bond acceptors (Lipinski definition) is 5. The third-order valence-electron chi connectivity index (χ3n) is 3.24. The van der Waals surface area contributed by atoms with Crippen molar-refractivity contribution in [2.75, 3.05) is 25.6 Å². The van der Waals surface area contributed by atoms with E-state index in [4.69, 9.17) is 16.3 Å². The van der Waals surface area contributed by atoms with Gasteiger partial charge in [-0.3, -0.25) is 0 Å². The van der Waals surface area contributed by atoms with Gasteiger partial charge in [-0.25, -0.2) is 9.97 Å². The van der Waals surface area contributed by atoms with Gasteiger partial charge in [-0.05, 0) is 30.0 Å². The van der Waals surface area contributed by atoms with Crippen LogP contribution in [0.5, 0.6) is 0 Å². The molecule has 1 N–H and O–H groups in total. The Morgan fingerprint density at radius 1 is 1.23 bits per heavy atom. The molecule has 1 aromatic carbocycles. The Morgan fingerprint density at radius 3 is 2.86 bits per heavy atom. The van der Waals surface area contributed by atoms with Gasteiger partial charge in [-0.15, -0.1) is 11.3 Å². The Kier molecular flexibility index (Phi) is 4.87. The van der Waals surface area contributed by atoms with Crippen molar-refractivity contribution in [2.45, 2.75) is 6.42 Å². The molecule has 3 rings (SSSR count). The van der Waals surface area contributed by atoms with Gasteiger partial charge in [0.1, 0.15) is 5.82 Å². The third kappa shape index (κ3) is 3.21. The highest BCUT2D eigenvalue weighted by Gasteiger charge is 2.12. The molecule has 0 fully saturated rings. The molecule has 22 heavy (non-hydrogen) atoms. The number of nitrogens with one attached hydrogen (secondary N) is 1. The maximum Gasteiger partial charge on any atom is 0.173 e. The summed E-state index contributed by atoms with van der Waals surface area (Å²) < 4.78 is 5.08. The molecule has 0 unspecified atom stereocenters. The number of thiophene rings is 1. The zero-order valence-electron chi connectivity index (χ0n) is 12.2. The van der Waals surface area contributed by atoms with E-state index in [2.05, 4.69) is 15.3 Å². The van der Waals surface area contributed by atoms with E-state index >= 15 is 0 Å². The Hall–Kier alpha value is -1.69. The summed E-state index contributed by atoms with van der Waals surface area (Å²) in [6.07, 6.45) is 0.921. The fourth-order valence-corrected chi connectivity index (χ4v) is 3.26. The van der Waals surface area contributed by atoms with Crippen molar-refractivity contribution < 1.29 is 4.74 Å². The number of rotatable bonds is 6. The molecule has 0 saturated heterocycles. The molecule has 0 aliphatic heterocycles. The van der Waals surface area contributed by atoms with Gasteiger partial charge >= 0.3 is 0 Å². The molecule has 2 aromatic heterocycles. The van der Waals surface area contributed by atoms with Crippen LogP contribution in [-0.2, 0) is 4.74 Å². The fraction of sp³-hybridized carbons (Fsp3) is 0.250. The highest BCUT2D eigenvalue weighted by Crippen LogP contribution is 2.33. The first-order valence-corrected chi connectivity index (χ1v) is 8.28. The summed E-state index contributed by atoms with van der Waals surface area (Å²) in [5.74, 6) is 1.49. The van der Waals surface area contributed by atoms with Crippen LogP contribution in [0.3, 0.4) is 0 Å². The van der Waals surface area contributed by atoms with Crippen molar-refractivity contribution in [2.24, 2.45) is 0 Å². The fourth-order valence-electron chi connectivity index (χ4n) is 2.19. The van der Waals surface area contributed by atoms with Crippen LogP contribution in [0.25, 0.3) is 21.6 Å². The molecule has 3 aromatic rings. The minimum Gasteiger partial charge on any atom is -0.385 e. The second-order valence-electron chi connectivity index (χ2n) is 4.78. The Morgan fingerprint density at radius 2 is 2.09 bits per heavy atom. The molecule has 0 radical (unpaired) electrons. The molecule has 114 valence electrons. The highest BCUT2D eigenvalue weighted by atomic mass is 35.5. The van der Waals surface area contributed by atoms with Crippen molar-refractivity contribution in [3.05, 3.63) is 40.7 Å². The molecule has 0 aliphatic rings. The number of benzene rings is 1. The van der Waals surface area contributed by atoms with E-state index in [-0.39, 0.29) is 0 Å². The second-order valence-corrected chi connectivity index (χ2v) is 6.11. The van der Waals surface area contributed by atoms with Crippen molar-refractivity contribution in [1.82, 2.24) is 9.97 Å². The van der Waals surface area contributed by atoms with E-state index in [0.717, 1.165) is 41.2 Å². The van der Waals surface area contributed by atoms with Crippen LogP contribution in [-0.4, -0.2) is 30.2 Å². The second kappa shape index (κ2) is 7.05. The summed E-state index contributed by atoms with van der Waals surface area (Å²) in [6.45, 7) is 1.52. The lowest BCUT2D eigenvalue weighted by Gasteiger charge is -2.10. The molecular weight excluding hydrogens is 318 g/mol. The summed E-state index contributed by atoms with van der Waals surface area (Å²) in [5, 5.41) is 7.02. The van der Waals surface area contributed by atoms with Crippen LogP contribution < -0.4 is 5.32 Å². The smallest absolute Gasteiger partial charge is 0.173 e. The van der Waals surface area contributed by atoms with Gasteiger partial charge < -0.3 is 10.1 Å². The van der Waals surface area contributed by atoms with Gasteiger partial charge in [-0.1, -0.05) is 23.7 Å². The molecule has 2 heterocycles. The highest BCUT2D eigenvalue weighted by molar-refractivity contribution is 7.14. The number of ether oxygens (including phenoxy) is 1. The largest absolute Gasteiger partial charge is 0.385 e. The number of fused-ring (bicyclic) bond motifs is 1. The maximum atomic E-state index is 6.22. The first-order chi connectivity index (χ1) is 10.8. The normalized spacial score (nSPS) is 11.0. The molecule has 0 atom stereocenters. The van der Waals surface area contributed by atoms with Crippen LogP contribution in [0.15, 0.2) is 35.7 Å². The first kappa shape index (κ1) is 15.2. The minimum absolute atomic E-state index is 0.660. The summed E-state index contributed by atoms with van der Waals surface area (Å²) in [5.41, 5.74) is 0.909. The summed E-state index contributed by atoms with van der Waals surface area (Å²) >= 11 is 7.76. The number of methoxy groups -OCH3 is 1. The zero-order valence-corrected chi connectivity index (χ0v) is 13.7. The van der Waals surface area contributed by atoms with Crippen LogP contribution in [0.2, 0.25) is 5.02 Å². The topological polar surface area (TPSA) is 47.0 Å². The van der Waals surface area contributed by atoms with Crippen molar-refractivity contribution >= 4 is 39.7 Å². The monoisotopic (exact) mass is 333 g/mol. The zero-order chi connectivity index (χ0) is 15.4. The SMILES string of the molecule is COCCCNc1nc(-c2sccc2Cl)nc2ccccc12. The van der Waals surface area contributed by atoms with E-state index in [1.54, 1.807) is 18.4 Å². The summed E-state index contributed by atoms with van der Waals surface area (Å²) in [4.78, 5) is 10.2.